The number of hydrogen-bond acceptors (Lipinski definition) is 3. The lowest BCUT2D eigenvalue weighted by atomic mass is 9.95. The highest BCUT2D eigenvalue weighted by atomic mass is 16.5. The van der Waals surface area contributed by atoms with Crippen LogP contribution in [0.5, 0.6) is 5.75 Å². The molecule has 0 heterocycles. The summed E-state index contributed by atoms with van der Waals surface area (Å²) in [5.41, 5.74) is 1.12. The van der Waals surface area contributed by atoms with Crippen LogP contribution in [0.3, 0.4) is 0 Å². The molecule has 1 aliphatic carbocycles. The zero-order valence-electron chi connectivity index (χ0n) is 14.7. The van der Waals surface area contributed by atoms with Gasteiger partial charge in [0.15, 0.2) is 0 Å². The van der Waals surface area contributed by atoms with Crippen LogP contribution in [0.15, 0.2) is 24.3 Å². The van der Waals surface area contributed by atoms with Gasteiger partial charge in [-0.1, -0.05) is 31.4 Å². The maximum absolute atomic E-state index is 12.2. The first-order valence-corrected chi connectivity index (χ1v) is 8.76. The van der Waals surface area contributed by atoms with Crippen LogP contribution in [0.2, 0.25) is 0 Å². The Bertz CT molecular complexity index is 536. The molecule has 1 fully saturated rings. The van der Waals surface area contributed by atoms with E-state index in [1.54, 1.807) is 12.0 Å². The molecule has 1 N–H and O–H groups in total. The van der Waals surface area contributed by atoms with Gasteiger partial charge in [-0.2, -0.15) is 0 Å². The summed E-state index contributed by atoms with van der Waals surface area (Å²) < 4.78 is 5.14. The van der Waals surface area contributed by atoms with Gasteiger partial charge in [-0.05, 0) is 37.0 Å². The minimum absolute atomic E-state index is 0.0492. The number of amides is 2. The number of hydrogen-bond donors (Lipinski definition) is 1. The molecule has 2 amide bonds. The van der Waals surface area contributed by atoms with E-state index in [4.69, 9.17) is 4.74 Å². The van der Waals surface area contributed by atoms with Gasteiger partial charge >= 0.3 is 0 Å². The maximum atomic E-state index is 12.2. The fraction of sp³-hybridized carbons (Fsp3) is 0.579. The predicted octanol–water partition coefficient (Wildman–Crippen LogP) is 2.54. The molecular formula is C19H28N2O3. The van der Waals surface area contributed by atoms with E-state index in [2.05, 4.69) is 5.32 Å². The van der Waals surface area contributed by atoms with E-state index in [-0.39, 0.29) is 24.4 Å². The average Bonchev–Trinajstić information content (AvgIpc) is 2.59. The van der Waals surface area contributed by atoms with E-state index in [0.717, 1.165) is 30.6 Å². The third-order valence-corrected chi connectivity index (χ3v) is 4.58. The Hall–Kier alpha value is -2.04. The fourth-order valence-corrected chi connectivity index (χ4v) is 3.10. The summed E-state index contributed by atoms with van der Waals surface area (Å²) in [7, 11) is 1.64. The minimum Gasteiger partial charge on any atom is -0.497 e. The van der Waals surface area contributed by atoms with Gasteiger partial charge in [-0.25, -0.2) is 0 Å². The van der Waals surface area contributed by atoms with Crippen molar-refractivity contribution in [3.05, 3.63) is 29.8 Å². The van der Waals surface area contributed by atoms with Crippen LogP contribution in [0.1, 0.15) is 44.6 Å². The maximum Gasteiger partial charge on any atom is 0.239 e. The number of ether oxygens (including phenoxy) is 1. The van der Waals surface area contributed by atoms with Crippen molar-refractivity contribution in [2.24, 2.45) is 0 Å². The van der Waals surface area contributed by atoms with Crippen LogP contribution in [0, 0.1) is 0 Å². The minimum atomic E-state index is -0.0673. The van der Waals surface area contributed by atoms with Crippen molar-refractivity contribution in [1.29, 1.82) is 0 Å². The molecule has 132 valence electrons. The van der Waals surface area contributed by atoms with Gasteiger partial charge in [0.25, 0.3) is 0 Å². The summed E-state index contributed by atoms with van der Waals surface area (Å²) in [5, 5.41) is 3.07. The number of methoxy groups -OCH3 is 1. The molecule has 0 unspecified atom stereocenters. The Kier molecular flexibility index (Phi) is 7.09. The van der Waals surface area contributed by atoms with Gasteiger partial charge in [0.2, 0.25) is 11.8 Å². The van der Waals surface area contributed by atoms with E-state index in [9.17, 15) is 9.59 Å². The van der Waals surface area contributed by atoms with E-state index in [0.29, 0.717) is 6.54 Å². The standard InChI is InChI=1S/C19H28N2O3/c1-15(22)21(13-12-16-8-10-18(24-2)11-9-16)14-19(23)20-17-6-4-3-5-7-17/h8-11,17H,3-7,12-14H2,1-2H3,(H,20,23). The van der Waals surface area contributed by atoms with Crippen molar-refractivity contribution in [3.8, 4) is 5.75 Å². The lowest BCUT2D eigenvalue weighted by Crippen LogP contribution is -2.44. The molecule has 0 spiro atoms. The zero-order valence-corrected chi connectivity index (χ0v) is 14.7. The lowest BCUT2D eigenvalue weighted by molar-refractivity contribution is -0.134. The number of carbonyl (C=O) groups excluding carboxylic acids is 2. The van der Waals surface area contributed by atoms with Crippen LogP contribution in [-0.4, -0.2) is 43.0 Å². The van der Waals surface area contributed by atoms with E-state index >= 15 is 0 Å². The Morgan fingerprint density at radius 3 is 2.42 bits per heavy atom. The molecule has 0 radical (unpaired) electrons. The molecule has 24 heavy (non-hydrogen) atoms. The molecule has 0 bridgehead atoms. The van der Waals surface area contributed by atoms with Gasteiger partial charge in [0.1, 0.15) is 5.75 Å². The van der Waals surface area contributed by atoms with Crippen LogP contribution < -0.4 is 10.1 Å². The number of nitrogens with one attached hydrogen (secondary N) is 1. The SMILES string of the molecule is COc1ccc(CCN(CC(=O)NC2CCCCC2)C(C)=O)cc1. The normalized spacial score (nSPS) is 14.9. The molecule has 0 atom stereocenters. The van der Waals surface area contributed by atoms with Crippen LogP contribution >= 0.6 is 0 Å². The summed E-state index contributed by atoms with van der Waals surface area (Å²) in [6, 6.07) is 8.06. The number of benzene rings is 1. The number of nitrogens with zero attached hydrogens (tertiary/aromatic N) is 1. The van der Waals surface area contributed by atoms with E-state index in [1.807, 2.05) is 24.3 Å². The van der Waals surface area contributed by atoms with Crippen LogP contribution in [0.4, 0.5) is 0 Å². The first-order valence-electron chi connectivity index (χ1n) is 8.76. The first kappa shape index (κ1) is 18.3. The largest absolute Gasteiger partial charge is 0.497 e. The molecule has 1 aromatic carbocycles. The van der Waals surface area contributed by atoms with Gasteiger partial charge in [-0.3, -0.25) is 9.59 Å². The molecule has 0 aromatic heterocycles. The second kappa shape index (κ2) is 9.30. The van der Waals surface area contributed by atoms with Crippen molar-refractivity contribution in [1.82, 2.24) is 10.2 Å². The highest BCUT2D eigenvalue weighted by Gasteiger charge is 2.18. The number of rotatable bonds is 7. The summed E-state index contributed by atoms with van der Waals surface area (Å²) in [6.07, 6.45) is 6.45. The average molecular weight is 332 g/mol. The van der Waals surface area contributed by atoms with Crippen molar-refractivity contribution in [2.45, 2.75) is 51.5 Å². The van der Waals surface area contributed by atoms with E-state index in [1.165, 1.54) is 26.2 Å². The molecule has 5 heteroatoms. The Balaban J connectivity index is 1.81. The highest BCUT2D eigenvalue weighted by molar-refractivity contribution is 5.83. The smallest absolute Gasteiger partial charge is 0.239 e. The van der Waals surface area contributed by atoms with Crippen LogP contribution in [0.25, 0.3) is 0 Å². The second-order valence-corrected chi connectivity index (χ2v) is 6.44. The molecule has 5 nitrogen and oxygen atoms in total. The second-order valence-electron chi connectivity index (χ2n) is 6.44. The fourth-order valence-electron chi connectivity index (χ4n) is 3.10. The Labute approximate surface area is 144 Å². The lowest BCUT2D eigenvalue weighted by Gasteiger charge is -2.25. The van der Waals surface area contributed by atoms with Crippen molar-refractivity contribution in [3.63, 3.8) is 0 Å². The molecule has 0 aliphatic heterocycles. The summed E-state index contributed by atoms with van der Waals surface area (Å²) >= 11 is 0. The third kappa shape index (κ3) is 5.87. The van der Waals surface area contributed by atoms with Gasteiger partial charge in [0.05, 0.1) is 13.7 Å². The molecule has 1 saturated carbocycles. The quantitative estimate of drug-likeness (QED) is 0.835. The molecular weight excluding hydrogens is 304 g/mol. The highest BCUT2D eigenvalue weighted by Crippen LogP contribution is 2.17. The molecule has 1 aromatic rings. The van der Waals surface area contributed by atoms with Crippen LogP contribution in [-0.2, 0) is 16.0 Å². The monoisotopic (exact) mass is 332 g/mol. The Morgan fingerprint density at radius 1 is 1.17 bits per heavy atom. The van der Waals surface area contributed by atoms with Gasteiger partial charge in [-0.15, -0.1) is 0 Å². The molecule has 2 rings (SSSR count). The van der Waals surface area contributed by atoms with Crippen molar-refractivity contribution >= 4 is 11.8 Å². The Morgan fingerprint density at radius 2 is 1.83 bits per heavy atom. The van der Waals surface area contributed by atoms with Gasteiger partial charge in [0, 0.05) is 19.5 Å². The summed E-state index contributed by atoms with van der Waals surface area (Å²) in [5.74, 6) is 0.697. The number of carbonyl (C=O) groups is 2. The third-order valence-electron chi connectivity index (χ3n) is 4.58. The molecule has 0 saturated heterocycles. The first-order chi connectivity index (χ1) is 11.6. The zero-order chi connectivity index (χ0) is 17.4. The van der Waals surface area contributed by atoms with E-state index < -0.39 is 0 Å². The summed E-state index contributed by atoms with van der Waals surface area (Å²) in [6.45, 7) is 2.20. The molecule has 1 aliphatic rings. The van der Waals surface area contributed by atoms with Gasteiger partial charge < -0.3 is 15.0 Å². The summed E-state index contributed by atoms with van der Waals surface area (Å²) in [4.78, 5) is 25.6. The van der Waals surface area contributed by atoms with Crippen molar-refractivity contribution < 1.29 is 14.3 Å². The van der Waals surface area contributed by atoms with Crippen molar-refractivity contribution in [2.75, 3.05) is 20.2 Å². The predicted molar refractivity (Wildman–Crippen MR) is 94.0 cm³/mol. The topological polar surface area (TPSA) is 58.6 Å².